The van der Waals surface area contributed by atoms with Crippen molar-refractivity contribution in [3.05, 3.63) is 41.5 Å². The number of aldehydes is 1. The zero-order valence-electron chi connectivity index (χ0n) is 26.9. The molecule has 1 aromatic carbocycles. The summed E-state index contributed by atoms with van der Waals surface area (Å²) in [5.41, 5.74) is 0.387. The summed E-state index contributed by atoms with van der Waals surface area (Å²) in [7, 11) is 1.50. The summed E-state index contributed by atoms with van der Waals surface area (Å²) in [5, 5.41) is 30.4. The molecular weight excluding hydrogens is 596 g/mol. The molecule has 2 fully saturated rings. The molecule has 2 aliphatic heterocycles. The number of nitrogens with zero attached hydrogens (tertiary/aromatic N) is 1. The molecule has 13 nitrogen and oxygen atoms in total. The van der Waals surface area contributed by atoms with Crippen molar-refractivity contribution in [3.8, 4) is 5.75 Å². The Labute approximate surface area is 270 Å². The standard InChI is InChI=1S/C33H48N4O9/c1-21(39)27(34-18-24(19-38)37-13-15-45-16-14-37)31(42)36-28(29(40)23-9-11-25(44-3)12-10-23)32(43)35-26(30(41)33(2)20-46-33)17-22-7-5-4-6-8-22/h7,9-12,19,21,24,26-29,34,39-40H,4-6,8,13-18,20H2,1-3H3,(H,35,43)(H,36,42). The number of carbonyl (C=O) groups is 4. The van der Waals surface area contributed by atoms with Crippen molar-refractivity contribution < 1.29 is 43.6 Å². The number of hydrogen-bond acceptors (Lipinski definition) is 11. The maximum Gasteiger partial charge on any atom is 0.246 e. The van der Waals surface area contributed by atoms with E-state index in [9.17, 15) is 29.4 Å². The number of aliphatic hydroxyl groups is 2. The van der Waals surface area contributed by atoms with Crippen molar-refractivity contribution in [2.75, 3.05) is 46.6 Å². The molecule has 5 N–H and O–H groups in total. The summed E-state index contributed by atoms with van der Waals surface area (Å²) in [6.45, 7) is 5.47. The van der Waals surface area contributed by atoms with Gasteiger partial charge in [0.25, 0.3) is 0 Å². The fourth-order valence-electron chi connectivity index (χ4n) is 5.87. The monoisotopic (exact) mass is 644 g/mol. The van der Waals surface area contributed by atoms with Gasteiger partial charge in [0.1, 0.15) is 35.8 Å². The molecule has 0 saturated carbocycles. The maximum absolute atomic E-state index is 14.0. The zero-order chi connectivity index (χ0) is 33.3. The van der Waals surface area contributed by atoms with Crippen LogP contribution in [0.25, 0.3) is 0 Å². The number of carbonyl (C=O) groups excluding carboxylic acids is 4. The van der Waals surface area contributed by atoms with Crippen LogP contribution in [-0.4, -0.2) is 121 Å². The predicted molar refractivity (Wildman–Crippen MR) is 168 cm³/mol. The second-order valence-corrected chi connectivity index (χ2v) is 12.4. The molecule has 46 heavy (non-hydrogen) atoms. The molecule has 7 atom stereocenters. The molecule has 4 rings (SSSR count). The Bertz CT molecular complexity index is 1230. The van der Waals surface area contributed by atoms with Gasteiger partial charge < -0.3 is 45.2 Å². The number of epoxide rings is 1. The van der Waals surface area contributed by atoms with Gasteiger partial charge in [-0.25, -0.2) is 0 Å². The van der Waals surface area contributed by atoms with Gasteiger partial charge in [0.2, 0.25) is 11.8 Å². The molecule has 0 radical (unpaired) electrons. The van der Waals surface area contributed by atoms with Crippen molar-refractivity contribution in [1.82, 2.24) is 20.9 Å². The van der Waals surface area contributed by atoms with Crippen molar-refractivity contribution in [2.24, 2.45) is 0 Å². The number of ether oxygens (including phenoxy) is 3. The van der Waals surface area contributed by atoms with Crippen LogP contribution < -0.4 is 20.7 Å². The highest BCUT2D eigenvalue weighted by molar-refractivity contribution is 5.98. The Morgan fingerprint density at radius 2 is 1.74 bits per heavy atom. The van der Waals surface area contributed by atoms with Crippen LogP contribution in [0.3, 0.4) is 0 Å². The normalized spacial score (nSPS) is 23.9. The van der Waals surface area contributed by atoms with Crippen molar-refractivity contribution in [1.29, 1.82) is 0 Å². The zero-order valence-corrected chi connectivity index (χ0v) is 26.9. The van der Waals surface area contributed by atoms with Gasteiger partial charge in [0.05, 0.1) is 45.1 Å². The Balaban J connectivity index is 1.55. The molecule has 1 aromatic rings. The topological polar surface area (TPSA) is 179 Å². The summed E-state index contributed by atoms with van der Waals surface area (Å²) in [6, 6.07) is 2.15. The number of aliphatic hydroxyl groups excluding tert-OH is 2. The Hall–Kier alpha value is -3.20. The van der Waals surface area contributed by atoms with Crippen molar-refractivity contribution in [2.45, 2.75) is 87.9 Å². The van der Waals surface area contributed by atoms with Gasteiger partial charge >= 0.3 is 0 Å². The lowest BCUT2D eigenvalue weighted by atomic mass is 9.89. The molecule has 1 aliphatic carbocycles. The third kappa shape index (κ3) is 9.43. The molecule has 3 aliphatic rings. The van der Waals surface area contributed by atoms with Crippen LogP contribution in [-0.2, 0) is 28.7 Å². The summed E-state index contributed by atoms with van der Waals surface area (Å²) in [5.74, 6) is -1.26. The van der Waals surface area contributed by atoms with Crippen molar-refractivity contribution >= 4 is 23.9 Å². The third-order valence-corrected chi connectivity index (χ3v) is 8.92. The Kier molecular flexibility index (Phi) is 12.8. The molecule has 0 spiro atoms. The van der Waals surface area contributed by atoms with E-state index < -0.39 is 53.8 Å². The van der Waals surface area contributed by atoms with Crippen LogP contribution >= 0.6 is 0 Å². The second-order valence-electron chi connectivity index (χ2n) is 12.4. The molecule has 2 heterocycles. The molecule has 0 aromatic heterocycles. The van der Waals surface area contributed by atoms with Gasteiger partial charge in [-0.15, -0.1) is 0 Å². The van der Waals surface area contributed by atoms with Gasteiger partial charge in [-0.1, -0.05) is 23.8 Å². The first-order valence-corrected chi connectivity index (χ1v) is 16.0. The van der Waals surface area contributed by atoms with Gasteiger partial charge in [0, 0.05) is 19.6 Å². The van der Waals surface area contributed by atoms with Gasteiger partial charge in [-0.05, 0) is 63.6 Å². The van der Waals surface area contributed by atoms with E-state index in [1.54, 1.807) is 31.2 Å². The maximum atomic E-state index is 14.0. The SMILES string of the molecule is COc1ccc(C(O)C(NC(=O)C(NCC(C=O)N2CCOCC2)C(C)O)C(=O)NC(CC2=CCCCC2)C(=O)C2(C)CO2)cc1. The lowest BCUT2D eigenvalue weighted by molar-refractivity contribution is -0.136. The minimum atomic E-state index is -1.53. The summed E-state index contributed by atoms with van der Waals surface area (Å²) in [4.78, 5) is 54.9. The van der Waals surface area contributed by atoms with E-state index >= 15 is 0 Å². The van der Waals surface area contributed by atoms with Crippen LogP contribution in [0, 0.1) is 0 Å². The number of allylic oxidation sites excluding steroid dienone is 1. The molecule has 2 saturated heterocycles. The molecule has 254 valence electrons. The second kappa shape index (κ2) is 16.6. The highest BCUT2D eigenvalue weighted by Gasteiger charge is 2.50. The minimum absolute atomic E-state index is 0.0641. The number of nitrogens with one attached hydrogen (secondary N) is 3. The first-order valence-electron chi connectivity index (χ1n) is 16.0. The van der Waals surface area contributed by atoms with Crippen LogP contribution in [0.2, 0.25) is 0 Å². The Morgan fingerprint density at radius 1 is 1.07 bits per heavy atom. The highest BCUT2D eigenvalue weighted by atomic mass is 16.6. The number of methoxy groups -OCH3 is 1. The van der Waals surface area contributed by atoms with Crippen molar-refractivity contribution in [3.63, 3.8) is 0 Å². The van der Waals surface area contributed by atoms with E-state index in [4.69, 9.17) is 14.2 Å². The van der Waals surface area contributed by atoms with Crippen LogP contribution in [0.4, 0.5) is 0 Å². The summed E-state index contributed by atoms with van der Waals surface area (Å²) < 4.78 is 16.0. The first kappa shape index (κ1) is 35.7. The van der Waals surface area contributed by atoms with E-state index in [0.29, 0.717) is 44.0 Å². The van der Waals surface area contributed by atoms with E-state index in [0.717, 1.165) is 37.5 Å². The summed E-state index contributed by atoms with van der Waals surface area (Å²) in [6.07, 6.45) is 4.23. The van der Waals surface area contributed by atoms with E-state index in [1.807, 2.05) is 4.90 Å². The van der Waals surface area contributed by atoms with Crippen LogP contribution in [0.5, 0.6) is 5.75 Å². The predicted octanol–water partition coefficient (Wildman–Crippen LogP) is 0.185. The number of amides is 2. The average molecular weight is 645 g/mol. The number of hydrogen-bond donors (Lipinski definition) is 5. The lowest BCUT2D eigenvalue weighted by Gasteiger charge is -2.33. The third-order valence-electron chi connectivity index (χ3n) is 8.92. The van der Waals surface area contributed by atoms with Gasteiger partial charge in [-0.3, -0.25) is 19.3 Å². The van der Waals surface area contributed by atoms with E-state index in [-0.39, 0.29) is 18.9 Å². The minimum Gasteiger partial charge on any atom is -0.497 e. The smallest absolute Gasteiger partial charge is 0.246 e. The molecule has 0 bridgehead atoms. The highest BCUT2D eigenvalue weighted by Crippen LogP contribution is 2.31. The quantitative estimate of drug-likeness (QED) is 0.0888. The fraction of sp³-hybridized carbons (Fsp3) is 0.636. The molecular formula is C33H48N4O9. The van der Waals surface area contributed by atoms with E-state index in [2.05, 4.69) is 22.0 Å². The van der Waals surface area contributed by atoms with Crippen LogP contribution in [0.15, 0.2) is 35.9 Å². The average Bonchev–Trinajstić information content (AvgIpc) is 3.83. The molecule has 2 amide bonds. The van der Waals surface area contributed by atoms with E-state index in [1.165, 1.54) is 14.0 Å². The number of ketones is 1. The molecule has 7 unspecified atom stereocenters. The number of benzene rings is 1. The number of Topliss-reactive ketones (excluding diaryl/α,β-unsaturated/α-hetero) is 1. The number of rotatable bonds is 17. The van der Waals surface area contributed by atoms with Gasteiger partial charge in [-0.2, -0.15) is 0 Å². The van der Waals surface area contributed by atoms with Crippen LogP contribution in [0.1, 0.15) is 57.6 Å². The summed E-state index contributed by atoms with van der Waals surface area (Å²) >= 11 is 0. The fourth-order valence-corrected chi connectivity index (χ4v) is 5.87. The largest absolute Gasteiger partial charge is 0.497 e. The number of morpholine rings is 1. The Morgan fingerprint density at radius 3 is 2.30 bits per heavy atom. The molecule has 13 heteroatoms. The van der Waals surface area contributed by atoms with Gasteiger partial charge in [0.15, 0.2) is 5.78 Å². The first-order chi connectivity index (χ1) is 22.1. The lowest BCUT2D eigenvalue weighted by Crippen LogP contribution is -2.60.